The Bertz CT molecular complexity index is 1020. The van der Waals surface area contributed by atoms with Crippen molar-refractivity contribution in [1.29, 1.82) is 0 Å². The summed E-state index contributed by atoms with van der Waals surface area (Å²) >= 11 is 7.94. The number of alkyl halides is 3. The van der Waals surface area contributed by atoms with Gasteiger partial charge in [-0.05, 0) is 50.8 Å². The second-order valence-corrected chi connectivity index (χ2v) is 11.6. The van der Waals surface area contributed by atoms with Crippen molar-refractivity contribution in [3.8, 4) is 0 Å². The van der Waals surface area contributed by atoms with E-state index in [2.05, 4.69) is 10.3 Å². The minimum absolute atomic E-state index is 0.0741. The Balaban J connectivity index is 1.87. The monoisotopic (exact) mass is 521 g/mol. The van der Waals surface area contributed by atoms with Crippen LogP contribution >= 0.6 is 34.7 Å². The first-order valence-electron chi connectivity index (χ1n) is 10.2. The average Bonchev–Trinajstić information content (AvgIpc) is 3.37. The molecule has 3 rings (SSSR count). The number of carbonyl (C=O) groups excluding carboxylic acids is 1. The largest absolute Gasteiger partial charge is 0.480 e. The molecule has 2 amide bonds. The van der Waals surface area contributed by atoms with E-state index in [1.165, 1.54) is 18.3 Å². The Kier molecular flexibility index (Phi) is 7.85. The van der Waals surface area contributed by atoms with Crippen molar-refractivity contribution in [1.82, 2.24) is 4.98 Å². The summed E-state index contributed by atoms with van der Waals surface area (Å²) in [5, 5.41) is 12.0. The fourth-order valence-electron chi connectivity index (χ4n) is 3.53. The second-order valence-electron chi connectivity index (χ2n) is 8.25. The molecular formula is C21H23ClF3N3O3S2. The number of nitrogens with zero attached hydrogens (tertiary/aromatic N) is 2. The lowest BCUT2D eigenvalue weighted by Crippen LogP contribution is -2.39. The van der Waals surface area contributed by atoms with Crippen LogP contribution in [-0.2, 0) is 11.0 Å². The van der Waals surface area contributed by atoms with Gasteiger partial charge in [0, 0.05) is 11.6 Å². The summed E-state index contributed by atoms with van der Waals surface area (Å²) in [5.41, 5.74) is -1.25. The maximum Gasteiger partial charge on any atom is 0.418 e. The van der Waals surface area contributed by atoms with Gasteiger partial charge >= 0.3 is 18.2 Å². The first-order chi connectivity index (χ1) is 15.4. The molecule has 1 fully saturated rings. The van der Waals surface area contributed by atoms with Crippen molar-refractivity contribution in [3.63, 3.8) is 0 Å². The fourth-order valence-corrected chi connectivity index (χ4v) is 5.97. The van der Waals surface area contributed by atoms with Crippen LogP contribution in [0.1, 0.15) is 45.1 Å². The maximum atomic E-state index is 13.7. The molecule has 6 nitrogen and oxygen atoms in total. The van der Waals surface area contributed by atoms with Gasteiger partial charge in [-0.15, -0.1) is 0 Å². The fraction of sp³-hybridized carbons (Fsp3) is 0.476. The minimum Gasteiger partial charge on any atom is -0.480 e. The van der Waals surface area contributed by atoms with Crippen LogP contribution in [0.3, 0.4) is 0 Å². The molecule has 0 bridgehead atoms. The Morgan fingerprint density at radius 3 is 2.58 bits per heavy atom. The third kappa shape index (κ3) is 6.54. The molecule has 33 heavy (non-hydrogen) atoms. The number of carboxylic acids is 1. The molecule has 2 N–H and O–H groups in total. The Morgan fingerprint density at radius 2 is 1.97 bits per heavy atom. The molecule has 0 saturated heterocycles. The molecule has 1 aliphatic rings. The van der Waals surface area contributed by atoms with Gasteiger partial charge < -0.3 is 5.11 Å². The number of rotatable bonds is 7. The third-order valence-electron chi connectivity index (χ3n) is 5.28. The number of thioether (sulfide) groups is 1. The number of urea groups is 1. The summed E-state index contributed by atoms with van der Waals surface area (Å²) in [4.78, 5) is 29.7. The van der Waals surface area contributed by atoms with Crippen LogP contribution in [0.25, 0.3) is 0 Å². The zero-order chi connectivity index (χ0) is 24.4. The number of carbonyl (C=O) groups is 2. The number of hydrogen-bond donors (Lipinski definition) is 2. The van der Waals surface area contributed by atoms with Crippen molar-refractivity contribution < 1.29 is 27.9 Å². The van der Waals surface area contributed by atoms with Gasteiger partial charge in [0.15, 0.2) is 5.13 Å². The van der Waals surface area contributed by atoms with Gasteiger partial charge in [0.05, 0.1) is 21.7 Å². The molecule has 0 aliphatic heterocycles. The highest BCUT2D eigenvalue weighted by Crippen LogP contribution is 2.40. The summed E-state index contributed by atoms with van der Waals surface area (Å²) in [7, 11) is 0. The number of thiazole rings is 1. The highest BCUT2D eigenvalue weighted by atomic mass is 35.5. The van der Waals surface area contributed by atoms with E-state index in [4.69, 9.17) is 11.6 Å². The predicted molar refractivity (Wildman–Crippen MR) is 124 cm³/mol. The first kappa shape index (κ1) is 25.6. The van der Waals surface area contributed by atoms with Crippen LogP contribution in [0.4, 0.5) is 28.8 Å². The van der Waals surface area contributed by atoms with Crippen LogP contribution in [-0.4, -0.2) is 33.4 Å². The van der Waals surface area contributed by atoms with Crippen LogP contribution in [0.2, 0.25) is 5.02 Å². The molecule has 0 spiro atoms. The zero-order valence-corrected chi connectivity index (χ0v) is 20.3. The third-order valence-corrected chi connectivity index (χ3v) is 7.72. The maximum absolute atomic E-state index is 13.7. The normalized spacial score (nSPS) is 15.0. The molecule has 180 valence electrons. The van der Waals surface area contributed by atoms with E-state index < -0.39 is 28.5 Å². The molecule has 12 heteroatoms. The molecule has 1 heterocycles. The Morgan fingerprint density at radius 1 is 1.30 bits per heavy atom. The highest BCUT2D eigenvalue weighted by molar-refractivity contribution is 8.03. The van der Waals surface area contributed by atoms with E-state index in [9.17, 15) is 27.9 Å². The second kappa shape index (κ2) is 10.1. The van der Waals surface area contributed by atoms with Gasteiger partial charge in [-0.25, -0.2) is 9.78 Å². The van der Waals surface area contributed by atoms with E-state index in [0.717, 1.165) is 59.7 Å². The number of nitrogens with one attached hydrogen (secondary N) is 1. The van der Waals surface area contributed by atoms with Gasteiger partial charge in [-0.2, -0.15) is 13.2 Å². The van der Waals surface area contributed by atoms with E-state index in [1.807, 2.05) is 0 Å². The van der Waals surface area contributed by atoms with E-state index in [-0.39, 0.29) is 28.3 Å². The molecule has 0 unspecified atom stereocenters. The Labute approximate surface area is 202 Å². The van der Waals surface area contributed by atoms with Gasteiger partial charge in [0.25, 0.3) is 0 Å². The number of hydrogen-bond acceptors (Lipinski definition) is 5. The van der Waals surface area contributed by atoms with Gasteiger partial charge in [-0.1, -0.05) is 47.5 Å². The molecule has 1 aromatic heterocycles. The number of carboxylic acid groups (broad SMARTS) is 1. The SMILES string of the molecule is CC(C)(Sc1cnc(NC(=O)N(CC2CCCC2)c2ccc(Cl)cc2C(F)(F)F)s1)C(=O)O. The lowest BCUT2D eigenvalue weighted by atomic mass is 10.1. The van der Waals surface area contributed by atoms with Gasteiger partial charge in [0.1, 0.15) is 4.75 Å². The molecular weight excluding hydrogens is 499 g/mol. The average molecular weight is 522 g/mol. The van der Waals surface area contributed by atoms with Gasteiger partial charge in [-0.3, -0.25) is 15.0 Å². The lowest BCUT2D eigenvalue weighted by molar-refractivity contribution is -0.139. The topological polar surface area (TPSA) is 82.5 Å². The summed E-state index contributed by atoms with van der Waals surface area (Å²) in [6.45, 7) is 3.22. The van der Waals surface area contributed by atoms with Crippen LogP contribution in [0.15, 0.2) is 28.6 Å². The van der Waals surface area contributed by atoms with Crippen LogP contribution in [0, 0.1) is 5.92 Å². The molecule has 0 atom stereocenters. The van der Waals surface area contributed by atoms with Crippen molar-refractivity contribution in [2.45, 2.75) is 54.7 Å². The summed E-state index contributed by atoms with van der Waals surface area (Å²) in [5.74, 6) is -0.914. The standard InChI is InChI=1S/C21H23ClF3N3O3S2/c1-20(2,17(29)30)33-16-10-26-18(32-16)27-19(31)28(11-12-5-3-4-6-12)15-8-7-13(22)9-14(15)21(23,24)25/h7-10,12H,3-6,11H2,1-2H3,(H,29,30)(H,26,27,31). The quantitative estimate of drug-likeness (QED) is 0.383. The molecule has 1 saturated carbocycles. The molecule has 1 aliphatic carbocycles. The predicted octanol–water partition coefficient (Wildman–Crippen LogP) is 7.00. The number of aromatic nitrogens is 1. The number of anilines is 2. The van der Waals surface area contributed by atoms with Crippen molar-refractivity contribution >= 4 is 57.5 Å². The van der Waals surface area contributed by atoms with Crippen LogP contribution in [0.5, 0.6) is 0 Å². The lowest BCUT2D eigenvalue weighted by Gasteiger charge is -2.28. The number of halogens is 4. The zero-order valence-electron chi connectivity index (χ0n) is 17.9. The van der Waals surface area contributed by atoms with Crippen molar-refractivity contribution in [2.24, 2.45) is 5.92 Å². The highest BCUT2D eigenvalue weighted by Gasteiger charge is 2.37. The number of benzene rings is 1. The smallest absolute Gasteiger partial charge is 0.418 e. The molecule has 2 aromatic rings. The summed E-state index contributed by atoms with van der Waals surface area (Å²) in [6.07, 6.45) is 0.350. The number of amides is 2. The molecule has 0 radical (unpaired) electrons. The van der Waals surface area contributed by atoms with E-state index in [0.29, 0.717) is 4.21 Å². The minimum atomic E-state index is -4.69. The Hall–Kier alpha value is -1.98. The van der Waals surface area contributed by atoms with E-state index >= 15 is 0 Å². The molecule has 1 aromatic carbocycles. The van der Waals surface area contributed by atoms with Crippen molar-refractivity contribution in [3.05, 3.63) is 35.0 Å². The van der Waals surface area contributed by atoms with Gasteiger partial charge in [0.2, 0.25) is 0 Å². The van der Waals surface area contributed by atoms with E-state index in [1.54, 1.807) is 13.8 Å². The summed E-state index contributed by atoms with van der Waals surface area (Å²) < 4.78 is 40.7. The van der Waals surface area contributed by atoms with Crippen LogP contribution < -0.4 is 10.2 Å². The first-order valence-corrected chi connectivity index (χ1v) is 12.2. The number of aliphatic carboxylic acids is 1. The van der Waals surface area contributed by atoms with Crippen molar-refractivity contribution in [2.75, 3.05) is 16.8 Å². The summed E-state index contributed by atoms with van der Waals surface area (Å²) in [6, 6.07) is 2.61.